The number of hydrogen-bond acceptors (Lipinski definition) is 6. The van der Waals surface area contributed by atoms with Crippen molar-refractivity contribution in [3.05, 3.63) is 47.7 Å². The Labute approximate surface area is 131 Å². The topological polar surface area (TPSA) is 85.6 Å². The molecule has 3 aromatic rings. The van der Waals surface area contributed by atoms with Crippen molar-refractivity contribution in [3.63, 3.8) is 0 Å². The van der Waals surface area contributed by atoms with Gasteiger partial charge in [-0.2, -0.15) is 9.47 Å². The number of nitrogens with zero attached hydrogens (tertiary/aromatic N) is 5. The van der Waals surface area contributed by atoms with Gasteiger partial charge in [0.05, 0.1) is 17.5 Å². The number of carbonyl (C=O) groups excluding carboxylic acids is 1. The molecule has 1 amide bonds. The molecule has 0 aliphatic heterocycles. The fourth-order valence-corrected chi connectivity index (χ4v) is 2.66. The molecule has 1 N–H and O–H groups in total. The fraction of sp³-hybridized carbons (Fsp3) is 0.214. The van der Waals surface area contributed by atoms with Gasteiger partial charge in [-0.25, -0.2) is 14.6 Å². The maximum Gasteiger partial charge on any atom is 0.260 e. The molecule has 0 spiro atoms. The standard InChI is InChI=1S/C14H14N6OS/c1-3-11-10(13(21)18-14-17-9(2)19-22-14)8-16-20(11)12-6-4-5-7-15-12/h4-8H,3H2,1-2H3,(H,17,18,19,21). The van der Waals surface area contributed by atoms with Crippen molar-refractivity contribution in [2.45, 2.75) is 20.3 Å². The third-order valence-corrected chi connectivity index (χ3v) is 3.78. The number of aromatic nitrogens is 5. The molecule has 8 heteroatoms. The SMILES string of the molecule is CCc1c(C(=O)Nc2nc(C)ns2)cnn1-c1ccccn1. The maximum atomic E-state index is 12.4. The Morgan fingerprint density at radius 2 is 2.27 bits per heavy atom. The molecule has 0 aliphatic carbocycles. The minimum absolute atomic E-state index is 0.241. The number of nitrogens with one attached hydrogen (secondary N) is 1. The van der Waals surface area contributed by atoms with Gasteiger partial charge in [-0.1, -0.05) is 13.0 Å². The molecule has 0 fully saturated rings. The number of rotatable bonds is 4. The Morgan fingerprint density at radius 1 is 1.41 bits per heavy atom. The van der Waals surface area contributed by atoms with Gasteiger partial charge in [0.25, 0.3) is 5.91 Å². The van der Waals surface area contributed by atoms with Gasteiger partial charge in [-0.05, 0) is 25.5 Å². The average molecular weight is 314 g/mol. The van der Waals surface area contributed by atoms with Crippen LogP contribution < -0.4 is 5.32 Å². The van der Waals surface area contributed by atoms with Crippen molar-refractivity contribution < 1.29 is 4.79 Å². The van der Waals surface area contributed by atoms with Crippen molar-refractivity contribution >= 4 is 22.6 Å². The minimum atomic E-state index is -0.241. The van der Waals surface area contributed by atoms with Crippen LogP contribution in [-0.2, 0) is 6.42 Å². The van der Waals surface area contributed by atoms with E-state index >= 15 is 0 Å². The number of amides is 1. The molecule has 7 nitrogen and oxygen atoms in total. The molecule has 3 heterocycles. The molecule has 3 rings (SSSR count). The largest absolute Gasteiger partial charge is 0.296 e. The van der Waals surface area contributed by atoms with Crippen LogP contribution in [0.25, 0.3) is 5.82 Å². The Bertz CT molecular complexity index is 795. The second-order valence-corrected chi connectivity index (χ2v) is 5.31. The predicted molar refractivity (Wildman–Crippen MR) is 83.3 cm³/mol. The number of carbonyl (C=O) groups is 1. The molecule has 0 radical (unpaired) electrons. The van der Waals surface area contributed by atoms with Gasteiger partial charge < -0.3 is 0 Å². The summed E-state index contributed by atoms with van der Waals surface area (Å²) in [5.41, 5.74) is 1.32. The zero-order valence-corrected chi connectivity index (χ0v) is 13.0. The summed E-state index contributed by atoms with van der Waals surface area (Å²) in [6.07, 6.45) is 3.91. The minimum Gasteiger partial charge on any atom is -0.296 e. The van der Waals surface area contributed by atoms with E-state index in [1.165, 1.54) is 0 Å². The van der Waals surface area contributed by atoms with Gasteiger partial charge in [-0.3, -0.25) is 10.1 Å². The van der Waals surface area contributed by atoms with E-state index in [-0.39, 0.29) is 5.91 Å². The molecule has 0 atom stereocenters. The molecule has 22 heavy (non-hydrogen) atoms. The molecular formula is C14H14N6OS. The monoisotopic (exact) mass is 314 g/mol. The van der Waals surface area contributed by atoms with Crippen LogP contribution in [-0.4, -0.2) is 30.0 Å². The summed E-state index contributed by atoms with van der Waals surface area (Å²) < 4.78 is 5.72. The lowest BCUT2D eigenvalue weighted by atomic mass is 10.2. The zero-order valence-electron chi connectivity index (χ0n) is 12.1. The van der Waals surface area contributed by atoms with Crippen LogP contribution in [0.4, 0.5) is 5.13 Å². The molecule has 112 valence electrons. The Kier molecular flexibility index (Phi) is 3.92. The molecule has 0 saturated heterocycles. The highest BCUT2D eigenvalue weighted by Crippen LogP contribution is 2.17. The second-order valence-electron chi connectivity index (χ2n) is 4.56. The van der Waals surface area contributed by atoms with E-state index in [4.69, 9.17) is 0 Å². The van der Waals surface area contributed by atoms with E-state index in [0.717, 1.165) is 17.2 Å². The normalized spacial score (nSPS) is 10.6. The molecule has 0 saturated carbocycles. The Morgan fingerprint density at radius 3 is 2.91 bits per heavy atom. The van der Waals surface area contributed by atoms with Gasteiger partial charge in [-0.15, -0.1) is 0 Å². The van der Waals surface area contributed by atoms with E-state index in [9.17, 15) is 4.79 Å². The number of anilines is 1. The van der Waals surface area contributed by atoms with Gasteiger partial charge in [0.1, 0.15) is 5.82 Å². The Hall–Kier alpha value is -2.61. The number of aryl methyl sites for hydroxylation is 1. The summed E-state index contributed by atoms with van der Waals surface area (Å²) in [6, 6.07) is 5.57. The van der Waals surface area contributed by atoms with Crippen LogP contribution in [0.5, 0.6) is 0 Å². The van der Waals surface area contributed by atoms with Crippen LogP contribution in [0.1, 0.15) is 28.8 Å². The molecule has 3 aromatic heterocycles. The maximum absolute atomic E-state index is 12.4. The summed E-state index contributed by atoms with van der Waals surface area (Å²) in [6.45, 7) is 3.76. The highest BCUT2D eigenvalue weighted by Gasteiger charge is 2.18. The molecule has 0 aromatic carbocycles. The van der Waals surface area contributed by atoms with E-state index in [1.807, 2.05) is 25.1 Å². The molecular weight excluding hydrogens is 300 g/mol. The van der Waals surface area contributed by atoms with Crippen molar-refractivity contribution in [3.8, 4) is 5.82 Å². The lowest BCUT2D eigenvalue weighted by molar-refractivity contribution is 0.102. The summed E-state index contributed by atoms with van der Waals surface area (Å²) >= 11 is 1.16. The van der Waals surface area contributed by atoms with Crippen molar-refractivity contribution in [2.75, 3.05) is 5.32 Å². The van der Waals surface area contributed by atoms with Crippen molar-refractivity contribution in [2.24, 2.45) is 0 Å². The Balaban J connectivity index is 1.91. The second kappa shape index (κ2) is 6.02. The smallest absolute Gasteiger partial charge is 0.260 e. The first kappa shape index (κ1) is 14.3. The number of hydrogen-bond donors (Lipinski definition) is 1. The summed E-state index contributed by atoms with van der Waals surface area (Å²) in [5, 5.41) is 7.52. The van der Waals surface area contributed by atoms with Crippen LogP contribution in [0, 0.1) is 6.92 Å². The van der Waals surface area contributed by atoms with E-state index in [0.29, 0.717) is 28.8 Å². The molecule has 0 aliphatic rings. The predicted octanol–water partition coefficient (Wildman–Crippen LogP) is 2.24. The first-order valence-corrected chi connectivity index (χ1v) is 7.56. The van der Waals surface area contributed by atoms with Gasteiger partial charge in [0, 0.05) is 17.7 Å². The van der Waals surface area contributed by atoms with Gasteiger partial charge in [0.2, 0.25) is 5.13 Å². The van der Waals surface area contributed by atoms with Crippen LogP contribution in [0.2, 0.25) is 0 Å². The third-order valence-electron chi connectivity index (χ3n) is 3.06. The van der Waals surface area contributed by atoms with Gasteiger partial charge in [0.15, 0.2) is 5.82 Å². The van der Waals surface area contributed by atoms with Gasteiger partial charge >= 0.3 is 0 Å². The van der Waals surface area contributed by atoms with Crippen LogP contribution in [0.15, 0.2) is 30.6 Å². The van der Waals surface area contributed by atoms with Crippen LogP contribution in [0.3, 0.4) is 0 Å². The van der Waals surface area contributed by atoms with Crippen LogP contribution >= 0.6 is 11.5 Å². The lowest BCUT2D eigenvalue weighted by Crippen LogP contribution is -2.14. The summed E-state index contributed by atoms with van der Waals surface area (Å²) in [4.78, 5) is 20.8. The third kappa shape index (κ3) is 2.73. The van der Waals surface area contributed by atoms with Crippen molar-refractivity contribution in [1.29, 1.82) is 0 Å². The van der Waals surface area contributed by atoms with E-state index < -0.39 is 0 Å². The summed E-state index contributed by atoms with van der Waals surface area (Å²) in [5.74, 6) is 1.08. The average Bonchev–Trinajstić information content (AvgIpc) is 3.14. The molecule has 0 unspecified atom stereocenters. The number of pyridine rings is 1. The first-order valence-electron chi connectivity index (χ1n) is 6.79. The zero-order chi connectivity index (χ0) is 15.5. The quantitative estimate of drug-likeness (QED) is 0.798. The van der Waals surface area contributed by atoms with E-state index in [2.05, 4.69) is 24.8 Å². The van der Waals surface area contributed by atoms with E-state index in [1.54, 1.807) is 24.0 Å². The highest BCUT2D eigenvalue weighted by molar-refractivity contribution is 7.09. The first-order chi connectivity index (χ1) is 10.7. The summed E-state index contributed by atoms with van der Waals surface area (Å²) in [7, 11) is 0. The fourth-order valence-electron chi connectivity index (χ4n) is 2.09. The highest BCUT2D eigenvalue weighted by atomic mass is 32.1. The lowest BCUT2D eigenvalue weighted by Gasteiger charge is -2.06. The van der Waals surface area contributed by atoms with Crippen molar-refractivity contribution in [1.82, 2.24) is 24.1 Å². The molecule has 0 bridgehead atoms.